The lowest BCUT2D eigenvalue weighted by Gasteiger charge is -2.12. The fourth-order valence-electron chi connectivity index (χ4n) is 0.891. The number of benzene rings is 1. The molecule has 0 aromatic heterocycles. The number of hydrogen-bond donors (Lipinski definition) is 0. The molecular formula is C11H12FNO2. The smallest absolute Gasteiger partial charge is 0.410 e. The van der Waals surface area contributed by atoms with E-state index in [0.717, 1.165) is 0 Å². The summed E-state index contributed by atoms with van der Waals surface area (Å²) in [4.78, 5) is 12.4. The van der Waals surface area contributed by atoms with Crippen molar-refractivity contribution in [3.63, 3.8) is 0 Å². The number of amides is 1. The Balaban J connectivity index is 2.69. The van der Waals surface area contributed by atoms with Gasteiger partial charge in [-0.05, 0) is 24.3 Å². The van der Waals surface area contributed by atoms with Crippen molar-refractivity contribution in [2.45, 2.75) is 0 Å². The molecule has 0 unspecified atom stereocenters. The predicted octanol–water partition coefficient (Wildman–Crippen LogP) is 2.49. The van der Waals surface area contributed by atoms with Gasteiger partial charge in [0, 0.05) is 19.7 Å². The molecule has 0 aliphatic rings. The SMILES string of the molecule is C=C(OC(=O)N(C)C)c1ccc(F)cc1. The molecule has 0 aliphatic heterocycles. The highest BCUT2D eigenvalue weighted by molar-refractivity contribution is 5.75. The Bertz CT molecular complexity index is 371. The maximum Gasteiger partial charge on any atom is 0.414 e. The van der Waals surface area contributed by atoms with E-state index < -0.39 is 6.09 Å². The molecule has 0 spiro atoms. The highest BCUT2D eigenvalue weighted by Crippen LogP contribution is 2.14. The second-order valence-corrected chi connectivity index (χ2v) is 3.19. The molecule has 0 heterocycles. The first-order valence-electron chi connectivity index (χ1n) is 4.34. The predicted molar refractivity (Wildman–Crippen MR) is 55.6 cm³/mol. The maximum absolute atomic E-state index is 12.6. The Morgan fingerprint density at radius 3 is 2.33 bits per heavy atom. The number of hydrogen-bond acceptors (Lipinski definition) is 2. The molecule has 1 aromatic rings. The van der Waals surface area contributed by atoms with Crippen molar-refractivity contribution in [2.24, 2.45) is 0 Å². The van der Waals surface area contributed by atoms with Gasteiger partial charge >= 0.3 is 6.09 Å². The molecule has 3 nitrogen and oxygen atoms in total. The molecule has 80 valence electrons. The van der Waals surface area contributed by atoms with Crippen LogP contribution in [0.15, 0.2) is 30.8 Å². The van der Waals surface area contributed by atoms with Gasteiger partial charge < -0.3 is 9.64 Å². The third-order valence-corrected chi connectivity index (χ3v) is 1.74. The van der Waals surface area contributed by atoms with Crippen LogP contribution in [0.2, 0.25) is 0 Å². The quantitative estimate of drug-likeness (QED) is 0.700. The van der Waals surface area contributed by atoms with Crippen LogP contribution in [0.4, 0.5) is 9.18 Å². The largest absolute Gasteiger partial charge is 0.414 e. The number of carbonyl (C=O) groups excluding carboxylic acids is 1. The highest BCUT2D eigenvalue weighted by Gasteiger charge is 2.08. The van der Waals surface area contributed by atoms with Gasteiger partial charge in [0.15, 0.2) is 0 Å². The van der Waals surface area contributed by atoms with Gasteiger partial charge in [-0.25, -0.2) is 9.18 Å². The highest BCUT2D eigenvalue weighted by atomic mass is 19.1. The first kappa shape index (κ1) is 11.2. The first-order chi connectivity index (χ1) is 7.00. The zero-order valence-corrected chi connectivity index (χ0v) is 8.66. The Kier molecular flexibility index (Phi) is 3.44. The van der Waals surface area contributed by atoms with Crippen molar-refractivity contribution < 1.29 is 13.9 Å². The van der Waals surface area contributed by atoms with Crippen LogP contribution in [0.1, 0.15) is 5.56 Å². The minimum absolute atomic E-state index is 0.203. The van der Waals surface area contributed by atoms with Gasteiger partial charge in [0.25, 0.3) is 0 Å². The number of halogens is 1. The molecular weight excluding hydrogens is 197 g/mol. The lowest BCUT2D eigenvalue weighted by atomic mass is 10.2. The zero-order valence-electron chi connectivity index (χ0n) is 8.66. The van der Waals surface area contributed by atoms with Gasteiger partial charge in [0.05, 0.1) is 0 Å². The van der Waals surface area contributed by atoms with Crippen LogP contribution in [0, 0.1) is 5.82 Å². The van der Waals surface area contributed by atoms with Crippen molar-refractivity contribution in [3.8, 4) is 0 Å². The minimum atomic E-state index is -0.510. The number of ether oxygens (including phenoxy) is 1. The van der Waals surface area contributed by atoms with E-state index in [0.29, 0.717) is 5.56 Å². The van der Waals surface area contributed by atoms with Crippen LogP contribution >= 0.6 is 0 Å². The molecule has 0 saturated carbocycles. The van der Waals surface area contributed by atoms with Gasteiger partial charge in [-0.1, -0.05) is 6.58 Å². The van der Waals surface area contributed by atoms with E-state index in [1.165, 1.54) is 29.2 Å². The zero-order chi connectivity index (χ0) is 11.4. The summed E-state index contributed by atoms with van der Waals surface area (Å²) >= 11 is 0. The molecule has 15 heavy (non-hydrogen) atoms. The van der Waals surface area contributed by atoms with Crippen molar-refractivity contribution in [2.75, 3.05) is 14.1 Å². The Labute approximate surface area is 87.8 Å². The van der Waals surface area contributed by atoms with Gasteiger partial charge in [0.2, 0.25) is 0 Å². The summed E-state index contributed by atoms with van der Waals surface area (Å²) in [5, 5.41) is 0. The van der Waals surface area contributed by atoms with E-state index in [2.05, 4.69) is 6.58 Å². The summed E-state index contributed by atoms with van der Waals surface area (Å²) in [7, 11) is 3.14. The van der Waals surface area contributed by atoms with E-state index >= 15 is 0 Å². The lowest BCUT2D eigenvalue weighted by molar-refractivity contribution is 0.163. The standard InChI is InChI=1S/C11H12FNO2/c1-8(15-11(14)13(2)3)9-4-6-10(12)7-5-9/h4-7H,1H2,2-3H3. The van der Waals surface area contributed by atoms with E-state index in [-0.39, 0.29) is 11.6 Å². The third kappa shape index (κ3) is 3.09. The van der Waals surface area contributed by atoms with Gasteiger partial charge in [-0.15, -0.1) is 0 Å². The number of carbonyl (C=O) groups is 1. The van der Waals surface area contributed by atoms with Gasteiger partial charge in [0.1, 0.15) is 11.6 Å². The van der Waals surface area contributed by atoms with Crippen molar-refractivity contribution in [3.05, 3.63) is 42.2 Å². The molecule has 0 N–H and O–H groups in total. The summed E-state index contributed by atoms with van der Waals surface area (Å²) in [6.45, 7) is 3.58. The van der Waals surface area contributed by atoms with Crippen LogP contribution < -0.4 is 0 Å². The molecule has 0 fully saturated rings. The Morgan fingerprint density at radius 2 is 1.87 bits per heavy atom. The van der Waals surface area contributed by atoms with E-state index in [1.807, 2.05) is 0 Å². The van der Waals surface area contributed by atoms with E-state index in [1.54, 1.807) is 14.1 Å². The van der Waals surface area contributed by atoms with Crippen LogP contribution in [-0.4, -0.2) is 25.1 Å². The van der Waals surface area contributed by atoms with Crippen LogP contribution in [0.3, 0.4) is 0 Å². The third-order valence-electron chi connectivity index (χ3n) is 1.74. The van der Waals surface area contributed by atoms with Gasteiger partial charge in [-0.3, -0.25) is 0 Å². The Hall–Kier alpha value is -1.84. The molecule has 1 aromatic carbocycles. The summed E-state index contributed by atoms with van der Waals surface area (Å²) in [5.74, 6) is -0.140. The molecule has 0 aliphatic carbocycles. The minimum Gasteiger partial charge on any atom is -0.410 e. The normalized spacial score (nSPS) is 9.53. The summed E-state index contributed by atoms with van der Waals surface area (Å²) in [6, 6.07) is 5.56. The van der Waals surface area contributed by atoms with E-state index in [9.17, 15) is 9.18 Å². The van der Waals surface area contributed by atoms with Crippen LogP contribution in [-0.2, 0) is 4.74 Å². The molecule has 4 heteroatoms. The lowest BCUT2D eigenvalue weighted by Crippen LogP contribution is -2.21. The summed E-state index contributed by atoms with van der Waals surface area (Å²) in [6.07, 6.45) is -0.510. The molecule has 1 amide bonds. The topological polar surface area (TPSA) is 29.5 Å². The second kappa shape index (κ2) is 4.59. The average Bonchev–Trinajstić information content (AvgIpc) is 2.18. The van der Waals surface area contributed by atoms with Crippen LogP contribution in [0.25, 0.3) is 5.76 Å². The van der Waals surface area contributed by atoms with Crippen molar-refractivity contribution >= 4 is 11.9 Å². The summed E-state index contributed by atoms with van der Waals surface area (Å²) < 4.78 is 17.5. The second-order valence-electron chi connectivity index (χ2n) is 3.19. The maximum atomic E-state index is 12.6. The van der Waals surface area contributed by atoms with Crippen molar-refractivity contribution in [1.82, 2.24) is 4.90 Å². The molecule has 0 atom stereocenters. The molecule has 0 bridgehead atoms. The number of rotatable bonds is 2. The van der Waals surface area contributed by atoms with Gasteiger partial charge in [-0.2, -0.15) is 0 Å². The van der Waals surface area contributed by atoms with E-state index in [4.69, 9.17) is 4.74 Å². The fraction of sp³-hybridized carbons (Fsp3) is 0.182. The number of nitrogens with zero attached hydrogens (tertiary/aromatic N) is 1. The molecule has 0 radical (unpaired) electrons. The molecule has 0 saturated heterocycles. The molecule has 1 rings (SSSR count). The first-order valence-corrected chi connectivity index (χ1v) is 4.34. The fourth-order valence-corrected chi connectivity index (χ4v) is 0.891. The monoisotopic (exact) mass is 209 g/mol. The van der Waals surface area contributed by atoms with Crippen molar-refractivity contribution in [1.29, 1.82) is 0 Å². The van der Waals surface area contributed by atoms with Crippen LogP contribution in [0.5, 0.6) is 0 Å². The summed E-state index contributed by atoms with van der Waals surface area (Å²) in [5.41, 5.74) is 0.576. The Morgan fingerprint density at radius 1 is 1.33 bits per heavy atom. The average molecular weight is 209 g/mol.